The van der Waals surface area contributed by atoms with E-state index in [1.165, 1.54) is 21.8 Å². The molecule has 0 radical (unpaired) electrons. The van der Waals surface area contributed by atoms with E-state index >= 15 is 0 Å². The second kappa shape index (κ2) is 11.5. The zero-order valence-electron chi connectivity index (χ0n) is 20.5. The van der Waals surface area contributed by atoms with Gasteiger partial charge in [0.1, 0.15) is 0 Å². The number of hydrogen-bond acceptors (Lipinski definition) is 4. The van der Waals surface area contributed by atoms with Crippen LogP contribution in [0.25, 0.3) is 21.8 Å². The van der Waals surface area contributed by atoms with Crippen molar-refractivity contribution in [1.82, 2.24) is 19.7 Å². The van der Waals surface area contributed by atoms with Gasteiger partial charge in [-0.25, -0.2) is 0 Å². The summed E-state index contributed by atoms with van der Waals surface area (Å²) < 4.78 is 2.43. The molecule has 0 saturated carbocycles. The van der Waals surface area contributed by atoms with Crippen molar-refractivity contribution < 1.29 is 4.79 Å². The summed E-state index contributed by atoms with van der Waals surface area (Å²) in [6, 6.07) is 16.0. The molecule has 1 aliphatic heterocycles. The van der Waals surface area contributed by atoms with E-state index in [4.69, 9.17) is 0 Å². The van der Waals surface area contributed by atoms with Crippen molar-refractivity contribution in [2.75, 3.05) is 40.3 Å². The van der Waals surface area contributed by atoms with E-state index in [9.17, 15) is 4.79 Å². The number of halogens is 1. The van der Waals surface area contributed by atoms with Crippen molar-refractivity contribution in [3.63, 3.8) is 0 Å². The molecule has 6 heteroatoms. The first kappa shape index (κ1) is 25.7. The van der Waals surface area contributed by atoms with Gasteiger partial charge in [0, 0.05) is 65.5 Å². The highest BCUT2D eigenvalue weighted by Crippen LogP contribution is 2.30. The van der Waals surface area contributed by atoms with Crippen molar-refractivity contribution in [2.24, 2.45) is 0 Å². The number of rotatable bonds is 9. The van der Waals surface area contributed by atoms with Gasteiger partial charge in [0.2, 0.25) is 0 Å². The molecule has 33 heavy (non-hydrogen) atoms. The molecule has 180 valence electrons. The van der Waals surface area contributed by atoms with Crippen molar-refractivity contribution in [1.29, 1.82) is 0 Å². The number of aromatic nitrogens is 1. The topological polar surface area (TPSA) is 40.5 Å². The van der Waals surface area contributed by atoms with Gasteiger partial charge in [-0.3, -0.25) is 4.79 Å². The summed E-state index contributed by atoms with van der Waals surface area (Å²) in [5.41, 5.74) is 3.29. The van der Waals surface area contributed by atoms with Crippen molar-refractivity contribution in [2.45, 2.75) is 51.7 Å². The number of nitrogens with one attached hydrogen (secondary N) is 1. The zero-order chi connectivity index (χ0) is 22.7. The molecule has 4 rings (SSSR count). The number of carbonyl (C=O) groups excluding carboxylic acids is 1. The van der Waals surface area contributed by atoms with Crippen LogP contribution in [0.1, 0.15) is 43.5 Å². The number of aryl methyl sites for hydroxylation is 1. The monoisotopic (exact) mass is 470 g/mol. The minimum absolute atomic E-state index is 0. The Morgan fingerprint density at radius 3 is 2.39 bits per heavy atom. The molecular weight excluding hydrogens is 432 g/mol. The standard InChI is InChI=1S/C27H38N4O.ClH/c1-20-18-30(19-21(2)28-20)15-8-16-31-25-10-6-5-9-23(25)24-13-12-22(17-26(24)31)27(32)11-7-14-29(3)4;/h5-6,9-10,12-13,17,20-21,28H,7-8,11,14-16,18-19H2,1-4H3;1H. The summed E-state index contributed by atoms with van der Waals surface area (Å²) in [6.45, 7) is 9.78. The van der Waals surface area contributed by atoms with Crippen LogP contribution in [0.2, 0.25) is 0 Å². The number of fused-ring (bicyclic) bond motifs is 3. The third kappa shape index (κ3) is 6.15. The first-order valence-corrected chi connectivity index (χ1v) is 12.1. The molecule has 2 unspecified atom stereocenters. The highest BCUT2D eigenvalue weighted by molar-refractivity contribution is 6.10. The van der Waals surface area contributed by atoms with Crippen LogP contribution in [0, 0.1) is 0 Å². The quantitative estimate of drug-likeness (QED) is 0.455. The minimum Gasteiger partial charge on any atom is -0.340 e. The van der Waals surface area contributed by atoms with Crippen molar-refractivity contribution in [3.8, 4) is 0 Å². The van der Waals surface area contributed by atoms with Gasteiger partial charge in [0.05, 0.1) is 0 Å². The van der Waals surface area contributed by atoms with Crippen LogP contribution in [0.5, 0.6) is 0 Å². The second-order valence-corrected chi connectivity index (χ2v) is 9.81. The van der Waals surface area contributed by atoms with E-state index in [1.54, 1.807) is 0 Å². The Bertz CT molecular complexity index is 1070. The summed E-state index contributed by atoms with van der Waals surface area (Å²) in [5.74, 6) is 0.245. The summed E-state index contributed by atoms with van der Waals surface area (Å²) in [6.07, 6.45) is 2.60. The molecule has 2 atom stereocenters. The Morgan fingerprint density at radius 1 is 0.970 bits per heavy atom. The van der Waals surface area contributed by atoms with Gasteiger partial charge in [0.25, 0.3) is 0 Å². The second-order valence-electron chi connectivity index (χ2n) is 9.81. The molecule has 1 aromatic heterocycles. The third-order valence-corrected chi connectivity index (χ3v) is 6.59. The molecule has 2 heterocycles. The van der Waals surface area contributed by atoms with Gasteiger partial charge in [0.15, 0.2) is 5.78 Å². The zero-order valence-corrected chi connectivity index (χ0v) is 21.3. The first-order chi connectivity index (χ1) is 15.4. The van der Waals surface area contributed by atoms with Crippen molar-refractivity contribution in [3.05, 3.63) is 48.0 Å². The summed E-state index contributed by atoms with van der Waals surface area (Å²) in [5, 5.41) is 6.14. The smallest absolute Gasteiger partial charge is 0.162 e. The van der Waals surface area contributed by atoms with E-state index in [-0.39, 0.29) is 18.2 Å². The number of piperazine rings is 1. The van der Waals surface area contributed by atoms with E-state index in [1.807, 2.05) is 6.07 Å². The van der Waals surface area contributed by atoms with Crippen molar-refractivity contribution >= 4 is 40.0 Å². The summed E-state index contributed by atoms with van der Waals surface area (Å²) in [4.78, 5) is 17.6. The van der Waals surface area contributed by atoms with Crippen LogP contribution in [-0.4, -0.2) is 72.5 Å². The molecule has 3 aromatic rings. The highest BCUT2D eigenvalue weighted by atomic mass is 35.5. The van der Waals surface area contributed by atoms with Gasteiger partial charge in [-0.05, 0) is 66.0 Å². The number of carbonyl (C=O) groups is 1. The molecule has 0 bridgehead atoms. The van der Waals surface area contributed by atoms with Crippen LogP contribution in [-0.2, 0) is 6.54 Å². The molecule has 0 aliphatic carbocycles. The average molecular weight is 471 g/mol. The summed E-state index contributed by atoms with van der Waals surface area (Å²) >= 11 is 0. The molecule has 0 amide bonds. The Balaban J connectivity index is 0.00000306. The van der Waals surface area contributed by atoms with E-state index in [0.29, 0.717) is 18.5 Å². The van der Waals surface area contributed by atoms with Gasteiger partial charge >= 0.3 is 0 Å². The fraction of sp³-hybridized carbons (Fsp3) is 0.519. The number of ketones is 1. The molecule has 5 nitrogen and oxygen atoms in total. The van der Waals surface area contributed by atoms with Crippen LogP contribution in [0.4, 0.5) is 0 Å². The van der Waals surface area contributed by atoms with E-state index in [0.717, 1.165) is 51.1 Å². The molecule has 1 N–H and O–H groups in total. The molecule has 1 saturated heterocycles. The number of para-hydroxylation sites is 1. The Hall–Kier alpha value is -1.92. The predicted octanol–water partition coefficient (Wildman–Crippen LogP) is 4.81. The first-order valence-electron chi connectivity index (χ1n) is 12.1. The van der Waals surface area contributed by atoms with E-state index < -0.39 is 0 Å². The Kier molecular flexibility index (Phi) is 8.94. The molecule has 0 spiro atoms. The molecule has 2 aromatic carbocycles. The number of Topliss-reactive ketones (excluding diaryl/α,β-unsaturated/α-hetero) is 1. The highest BCUT2D eigenvalue weighted by Gasteiger charge is 2.20. The van der Waals surface area contributed by atoms with Gasteiger partial charge in [-0.15, -0.1) is 12.4 Å². The maximum Gasteiger partial charge on any atom is 0.162 e. The third-order valence-electron chi connectivity index (χ3n) is 6.59. The maximum absolute atomic E-state index is 12.8. The number of nitrogens with zero attached hydrogens (tertiary/aromatic N) is 3. The van der Waals surface area contributed by atoms with E-state index in [2.05, 4.69) is 84.0 Å². The van der Waals surface area contributed by atoms with Gasteiger partial charge in [-0.2, -0.15) is 0 Å². The SMILES string of the molecule is CC1CN(CCCn2c3ccccc3c3ccc(C(=O)CCCN(C)C)cc32)CC(C)N1.Cl. The predicted molar refractivity (Wildman–Crippen MR) is 142 cm³/mol. The summed E-state index contributed by atoms with van der Waals surface area (Å²) in [7, 11) is 4.10. The molecular formula is C27H39ClN4O. The van der Waals surface area contributed by atoms with Gasteiger partial charge in [-0.1, -0.05) is 30.3 Å². The Labute approximate surface area is 204 Å². The molecule has 1 fully saturated rings. The lowest BCUT2D eigenvalue weighted by atomic mass is 10.0. The van der Waals surface area contributed by atoms with Crippen LogP contribution < -0.4 is 5.32 Å². The number of benzene rings is 2. The lowest BCUT2D eigenvalue weighted by Crippen LogP contribution is -2.54. The Morgan fingerprint density at radius 2 is 1.67 bits per heavy atom. The van der Waals surface area contributed by atoms with Crippen LogP contribution >= 0.6 is 12.4 Å². The molecule has 1 aliphatic rings. The van der Waals surface area contributed by atoms with Crippen LogP contribution in [0.3, 0.4) is 0 Å². The average Bonchev–Trinajstić information content (AvgIpc) is 3.06. The number of hydrogen-bond donors (Lipinski definition) is 1. The lowest BCUT2D eigenvalue weighted by molar-refractivity contribution is 0.0977. The normalized spacial score (nSPS) is 19.3. The van der Waals surface area contributed by atoms with Crippen LogP contribution in [0.15, 0.2) is 42.5 Å². The maximum atomic E-state index is 12.8. The lowest BCUT2D eigenvalue weighted by Gasteiger charge is -2.36. The fourth-order valence-corrected chi connectivity index (χ4v) is 5.24. The van der Waals surface area contributed by atoms with Gasteiger partial charge < -0.3 is 19.7 Å². The fourth-order valence-electron chi connectivity index (χ4n) is 5.24. The largest absolute Gasteiger partial charge is 0.340 e. The minimum atomic E-state index is 0.